The molecular formula is C13H24N2O4. The minimum Gasteiger partial charge on any atom is -0.480 e. The van der Waals surface area contributed by atoms with Gasteiger partial charge in [-0.1, -0.05) is 25.7 Å². The average molecular weight is 272 g/mol. The summed E-state index contributed by atoms with van der Waals surface area (Å²) in [5.74, 6) is -0.998. The second-order valence-corrected chi connectivity index (χ2v) is 4.93. The van der Waals surface area contributed by atoms with E-state index in [4.69, 9.17) is 9.84 Å². The number of aliphatic carboxylic acids is 1. The highest BCUT2D eigenvalue weighted by Gasteiger charge is 2.20. The van der Waals surface area contributed by atoms with Crippen LogP contribution in [-0.4, -0.2) is 54.9 Å². The lowest BCUT2D eigenvalue weighted by Crippen LogP contribution is -2.44. The Morgan fingerprint density at radius 3 is 2.47 bits per heavy atom. The van der Waals surface area contributed by atoms with Gasteiger partial charge in [-0.3, -0.25) is 0 Å². The maximum Gasteiger partial charge on any atom is 0.329 e. The number of carboxylic acid groups (broad SMARTS) is 1. The summed E-state index contributed by atoms with van der Waals surface area (Å²) in [6, 6.07) is 0.216. The molecule has 1 aliphatic carbocycles. The van der Waals surface area contributed by atoms with Gasteiger partial charge < -0.3 is 20.1 Å². The molecule has 2 N–H and O–H groups in total. The fourth-order valence-electron chi connectivity index (χ4n) is 2.33. The van der Waals surface area contributed by atoms with Crippen LogP contribution in [-0.2, 0) is 9.53 Å². The van der Waals surface area contributed by atoms with Crippen molar-refractivity contribution < 1.29 is 19.4 Å². The Labute approximate surface area is 114 Å². The van der Waals surface area contributed by atoms with Gasteiger partial charge in [0.2, 0.25) is 0 Å². The summed E-state index contributed by atoms with van der Waals surface area (Å²) in [5, 5.41) is 11.1. The number of carboxylic acids is 1. The lowest BCUT2D eigenvalue weighted by Gasteiger charge is -2.27. The summed E-state index contributed by atoms with van der Waals surface area (Å²) in [6.07, 6.45) is 7.02. The van der Waals surface area contributed by atoms with E-state index in [0.29, 0.717) is 12.6 Å². The number of urea groups is 1. The molecule has 0 spiro atoms. The second-order valence-electron chi connectivity index (χ2n) is 4.93. The second kappa shape index (κ2) is 8.74. The normalized spacial score (nSPS) is 16.7. The van der Waals surface area contributed by atoms with E-state index in [1.165, 1.54) is 25.7 Å². The van der Waals surface area contributed by atoms with E-state index < -0.39 is 5.97 Å². The van der Waals surface area contributed by atoms with E-state index in [-0.39, 0.29) is 19.2 Å². The Bertz CT molecular complexity index is 288. The van der Waals surface area contributed by atoms with Gasteiger partial charge >= 0.3 is 12.0 Å². The van der Waals surface area contributed by atoms with Gasteiger partial charge in [0.1, 0.15) is 6.61 Å². The minimum absolute atomic E-state index is 0.106. The molecule has 0 bridgehead atoms. The highest BCUT2D eigenvalue weighted by molar-refractivity contribution is 5.74. The van der Waals surface area contributed by atoms with Crippen molar-refractivity contribution in [2.75, 3.05) is 26.8 Å². The molecule has 0 aliphatic heterocycles. The molecule has 0 saturated heterocycles. The van der Waals surface area contributed by atoms with Crippen LogP contribution in [0.25, 0.3) is 0 Å². The van der Waals surface area contributed by atoms with Crippen molar-refractivity contribution in [2.45, 2.75) is 44.6 Å². The SMILES string of the molecule is CN(C(=O)NCCOCC(=O)O)C1CCCCCC1. The van der Waals surface area contributed by atoms with Crippen LogP contribution in [0.1, 0.15) is 38.5 Å². The smallest absolute Gasteiger partial charge is 0.329 e. The third-order valence-electron chi connectivity index (χ3n) is 3.44. The minimum atomic E-state index is -0.998. The summed E-state index contributed by atoms with van der Waals surface area (Å²) in [4.78, 5) is 23.9. The van der Waals surface area contributed by atoms with Crippen LogP contribution in [0, 0.1) is 0 Å². The third-order valence-corrected chi connectivity index (χ3v) is 3.44. The van der Waals surface area contributed by atoms with Gasteiger partial charge in [0.25, 0.3) is 0 Å². The van der Waals surface area contributed by atoms with Crippen molar-refractivity contribution in [3.63, 3.8) is 0 Å². The standard InChI is InChI=1S/C13H24N2O4/c1-15(11-6-4-2-3-5-7-11)13(18)14-8-9-19-10-12(16)17/h11H,2-10H2,1H3,(H,14,18)(H,16,17). The summed E-state index contributed by atoms with van der Waals surface area (Å²) >= 11 is 0. The Balaban J connectivity index is 2.18. The molecule has 19 heavy (non-hydrogen) atoms. The van der Waals surface area contributed by atoms with E-state index in [0.717, 1.165) is 12.8 Å². The first-order chi connectivity index (χ1) is 9.11. The first-order valence-corrected chi connectivity index (χ1v) is 6.91. The molecule has 0 heterocycles. The van der Waals surface area contributed by atoms with Gasteiger partial charge in [-0.05, 0) is 12.8 Å². The number of amides is 2. The number of nitrogens with one attached hydrogen (secondary N) is 1. The number of hydrogen-bond donors (Lipinski definition) is 2. The molecule has 0 aromatic heterocycles. The molecule has 110 valence electrons. The molecule has 0 aromatic rings. The van der Waals surface area contributed by atoms with Crippen molar-refractivity contribution in [1.82, 2.24) is 10.2 Å². The quantitative estimate of drug-likeness (QED) is 0.566. The van der Waals surface area contributed by atoms with E-state index in [9.17, 15) is 9.59 Å². The van der Waals surface area contributed by atoms with Gasteiger partial charge in [0.05, 0.1) is 6.61 Å². The molecule has 6 heteroatoms. The molecular weight excluding hydrogens is 248 g/mol. The van der Waals surface area contributed by atoms with Crippen molar-refractivity contribution in [3.8, 4) is 0 Å². The fourth-order valence-corrected chi connectivity index (χ4v) is 2.33. The third kappa shape index (κ3) is 6.42. The van der Waals surface area contributed by atoms with Crippen molar-refractivity contribution >= 4 is 12.0 Å². The Hall–Kier alpha value is -1.30. The van der Waals surface area contributed by atoms with Gasteiger partial charge in [0, 0.05) is 19.6 Å². The first-order valence-electron chi connectivity index (χ1n) is 6.91. The van der Waals surface area contributed by atoms with E-state index >= 15 is 0 Å². The molecule has 0 unspecified atom stereocenters. The fraction of sp³-hybridized carbons (Fsp3) is 0.846. The number of hydrogen-bond acceptors (Lipinski definition) is 3. The largest absolute Gasteiger partial charge is 0.480 e. The molecule has 1 aliphatic rings. The zero-order chi connectivity index (χ0) is 14.1. The lowest BCUT2D eigenvalue weighted by molar-refractivity contribution is -0.142. The maximum atomic E-state index is 11.9. The van der Waals surface area contributed by atoms with Crippen LogP contribution in [0.15, 0.2) is 0 Å². The van der Waals surface area contributed by atoms with Crippen LogP contribution in [0.3, 0.4) is 0 Å². The topological polar surface area (TPSA) is 78.9 Å². The van der Waals surface area contributed by atoms with E-state index in [2.05, 4.69) is 5.32 Å². The van der Waals surface area contributed by atoms with Crippen LogP contribution >= 0.6 is 0 Å². The predicted molar refractivity (Wildman–Crippen MR) is 71.1 cm³/mol. The molecule has 0 aromatic carbocycles. The van der Waals surface area contributed by atoms with Gasteiger partial charge in [-0.2, -0.15) is 0 Å². The van der Waals surface area contributed by atoms with Crippen LogP contribution < -0.4 is 5.32 Å². The molecule has 0 atom stereocenters. The highest BCUT2D eigenvalue weighted by atomic mass is 16.5. The van der Waals surface area contributed by atoms with Crippen molar-refractivity contribution in [3.05, 3.63) is 0 Å². The maximum absolute atomic E-state index is 11.9. The van der Waals surface area contributed by atoms with Crippen molar-refractivity contribution in [2.24, 2.45) is 0 Å². The van der Waals surface area contributed by atoms with Gasteiger partial charge in [-0.15, -0.1) is 0 Å². The lowest BCUT2D eigenvalue weighted by atomic mass is 10.1. The zero-order valence-electron chi connectivity index (χ0n) is 11.6. The van der Waals surface area contributed by atoms with Crippen LogP contribution in [0.2, 0.25) is 0 Å². The van der Waals surface area contributed by atoms with Crippen LogP contribution in [0.4, 0.5) is 4.79 Å². The van der Waals surface area contributed by atoms with Crippen molar-refractivity contribution in [1.29, 1.82) is 0 Å². The molecule has 6 nitrogen and oxygen atoms in total. The highest BCUT2D eigenvalue weighted by Crippen LogP contribution is 2.20. The first kappa shape index (κ1) is 15.8. The molecule has 1 saturated carbocycles. The van der Waals surface area contributed by atoms with Gasteiger partial charge in [-0.25, -0.2) is 9.59 Å². The van der Waals surface area contributed by atoms with Gasteiger partial charge in [0.15, 0.2) is 0 Å². The molecule has 1 rings (SSSR count). The molecule has 0 radical (unpaired) electrons. The number of rotatable bonds is 6. The van der Waals surface area contributed by atoms with E-state index in [1.807, 2.05) is 7.05 Å². The molecule has 1 fully saturated rings. The summed E-state index contributed by atoms with van der Waals surface area (Å²) < 4.78 is 4.86. The number of carbonyl (C=O) groups excluding carboxylic acids is 1. The van der Waals surface area contributed by atoms with Crippen LogP contribution in [0.5, 0.6) is 0 Å². The zero-order valence-corrected chi connectivity index (χ0v) is 11.6. The number of carbonyl (C=O) groups is 2. The number of nitrogens with zero attached hydrogens (tertiary/aromatic N) is 1. The van der Waals surface area contributed by atoms with E-state index in [1.54, 1.807) is 4.90 Å². The summed E-state index contributed by atoms with van der Waals surface area (Å²) in [7, 11) is 1.82. The summed E-state index contributed by atoms with van der Waals surface area (Å²) in [6.45, 7) is 0.230. The summed E-state index contributed by atoms with van der Waals surface area (Å²) in [5.41, 5.74) is 0. The monoisotopic (exact) mass is 272 g/mol. The Morgan fingerprint density at radius 1 is 1.26 bits per heavy atom. The molecule has 2 amide bonds. The Morgan fingerprint density at radius 2 is 1.89 bits per heavy atom. The number of ether oxygens (including phenoxy) is 1. The predicted octanol–water partition coefficient (Wildman–Crippen LogP) is 1.45. The average Bonchev–Trinajstić information content (AvgIpc) is 2.65. The Kier molecular flexibility index (Phi) is 7.25.